The van der Waals surface area contributed by atoms with Crippen LogP contribution in [0.5, 0.6) is 23.0 Å². The molecule has 2 aromatic carbocycles. The van der Waals surface area contributed by atoms with Crippen LogP contribution >= 0.6 is 0 Å². The molecule has 2 heterocycles. The number of hydrogen-bond donors (Lipinski definition) is 3. The van der Waals surface area contributed by atoms with Gasteiger partial charge in [0.2, 0.25) is 12.1 Å². The minimum absolute atomic E-state index is 0.0105. The number of allylic oxidation sites excluding steroid dienone is 1. The smallest absolute Gasteiger partial charge is 0.417 e. The van der Waals surface area contributed by atoms with Crippen LogP contribution in [0.15, 0.2) is 65.9 Å². The minimum atomic E-state index is -1.46. The van der Waals surface area contributed by atoms with Crippen molar-refractivity contribution < 1.29 is 57.8 Å². The Bertz CT molecular complexity index is 2020. The molecule has 2 aliphatic heterocycles. The van der Waals surface area contributed by atoms with Crippen molar-refractivity contribution in [2.45, 2.75) is 159 Å². The molecule has 0 bridgehead atoms. The maximum absolute atomic E-state index is 14.3. The average Bonchev–Trinajstić information content (AvgIpc) is 3.37. The van der Waals surface area contributed by atoms with E-state index in [-0.39, 0.29) is 44.0 Å². The molecule has 2 amide bonds. The van der Waals surface area contributed by atoms with Gasteiger partial charge in [-0.05, 0) is 92.7 Å². The Balaban J connectivity index is 1.38. The first-order valence-corrected chi connectivity index (χ1v) is 26.2. The predicted octanol–water partition coefficient (Wildman–Crippen LogP) is 11.5. The van der Waals surface area contributed by atoms with Gasteiger partial charge in [0.15, 0.2) is 0 Å². The summed E-state index contributed by atoms with van der Waals surface area (Å²) in [5, 5.41) is 27.7. The van der Waals surface area contributed by atoms with Gasteiger partial charge in [-0.25, -0.2) is 9.59 Å². The van der Waals surface area contributed by atoms with Crippen LogP contribution in [0.2, 0.25) is 0 Å². The van der Waals surface area contributed by atoms with Gasteiger partial charge in [-0.2, -0.15) is 0 Å². The molecule has 2 aliphatic carbocycles. The number of ether oxygens (including phenoxy) is 7. The van der Waals surface area contributed by atoms with Gasteiger partial charge in [0, 0.05) is 50.7 Å². The quantitative estimate of drug-likeness (QED) is 0.0400. The fourth-order valence-corrected chi connectivity index (χ4v) is 10.8. The molecule has 3 N–H and O–H groups in total. The van der Waals surface area contributed by atoms with Crippen LogP contribution in [-0.2, 0) is 19.0 Å². The molecular formula is C55H81N3O12. The molecular weight excluding hydrogens is 895 g/mol. The van der Waals surface area contributed by atoms with Gasteiger partial charge in [-0.15, -0.1) is 6.58 Å². The summed E-state index contributed by atoms with van der Waals surface area (Å²) >= 11 is 0. The van der Waals surface area contributed by atoms with Crippen molar-refractivity contribution in [2.75, 3.05) is 59.6 Å². The Labute approximate surface area is 416 Å². The number of hydrogen-bond acceptors (Lipinski definition) is 13. The van der Waals surface area contributed by atoms with Crippen molar-refractivity contribution in [3.8, 4) is 23.0 Å². The van der Waals surface area contributed by atoms with Gasteiger partial charge in [0.25, 0.3) is 0 Å². The fourth-order valence-electron chi connectivity index (χ4n) is 10.8. The van der Waals surface area contributed by atoms with E-state index in [0.29, 0.717) is 66.9 Å². The van der Waals surface area contributed by atoms with Gasteiger partial charge < -0.3 is 53.1 Å². The normalized spacial score (nSPS) is 24.0. The van der Waals surface area contributed by atoms with E-state index in [1.165, 1.54) is 52.1 Å². The van der Waals surface area contributed by atoms with Crippen molar-refractivity contribution in [1.29, 1.82) is 0 Å². The second kappa shape index (κ2) is 28.3. The van der Waals surface area contributed by atoms with E-state index in [1.807, 2.05) is 6.07 Å². The number of unbranched alkanes of at least 4 members (excludes halogenated alkanes) is 11. The average molecular weight is 976 g/mol. The SMILES string of the molecule is C=CCOC12Oc3ccc(OC(=O)Nc4ccc(OC)cc4OC)cc3C3C(CCCCO)C(CCCCO)C=C(C(=NOC4CCCCO4)CC1N(C)C(=O)OCCCCCCCCCCCC)C32. The van der Waals surface area contributed by atoms with E-state index in [9.17, 15) is 19.8 Å². The Kier molecular flexibility index (Phi) is 22.0. The Morgan fingerprint density at radius 1 is 0.900 bits per heavy atom. The number of rotatable bonds is 29. The lowest BCUT2D eigenvalue weighted by Crippen LogP contribution is -2.69. The highest BCUT2D eigenvalue weighted by Crippen LogP contribution is 2.62. The highest BCUT2D eigenvalue weighted by atomic mass is 16.8. The summed E-state index contributed by atoms with van der Waals surface area (Å²) < 4.78 is 43.2. The molecule has 1 saturated heterocycles. The van der Waals surface area contributed by atoms with E-state index in [2.05, 4.69) is 24.9 Å². The number of fused-ring (bicyclic) bond motifs is 2. The largest absolute Gasteiger partial charge is 0.497 e. The van der Waals surface area contributed by atoms with E-state index in [0.717, 1.165) is 68.9 Å². The fraction of sp³-hybridized carbons (Fsp3) is 0.655. The van der Waals surface area contributed by atoms with Crippen LogP contribution in [-0.4, -0.2) is 105 Å². The maximum atomic E-state index is 14.3. The number of aliphatic hydroxyl groups excluding tert-OH is 2. The summed E-state index contributed by atoms with van der Waals surface area (Å²) in [6, 6.07) is 9.69. The molecule has 70 heavy (non-hydrogen) atoms. The van der Waals surface area contributed by atoms with Crippen molar-refractivity contribution in [3.63, 3.8) is 0 Å². The third kappa shape index (κ3) is 14.2. The predicted molar refractivity (Wildman–Crippen MR) is 270 cm³/mol. The van der Waals surface area contributed by atoms with Crippen molar-refractivity contribution in [2.24, 2.45) is 22.9 Å². The Hall–Kier alpha value is -4.83. The summed E-state index contributed by atoms with van der Waals surface area (Å²) in [6.07, 6.45) is 21.1. The number of aliphatic hydroxyl groups is 2. The molecule has 0 spiro atoms. The number of anilines is 1. The first-order chi connectivity index (χ1) is 34.2. The molecule has 2 aromatic rings. The first kappa shape index (κ1) is 54.5. The first-order valence-electron chi connectivity index (χ1n) is 26.2. The number of amides is 2. The number of benzene rings is 2. The zero-order valence-electron chi connectivity index (χ0n) is 42.3. The molecule has 2 fully saturated rings. The van der Waals surface area contributed by atoms with Gasteiger partial charge >= 0.3 is 12.2 Å². The van der Waals surface area contributed by atoms with E-state index in [1.54, 1.807) is 55.5 Å². The highest BCUT2D eigenvalue weighted by molar-refractivity contribution is 6.03. The minimum Gasteiger partial charge on any atom is -0.497 e. The molecule has 0 radical (unpaired) electrons. The third-order valence-corrected chi connectivity index (χ3v) is 14.4. The maximum Gasteiger partial charge on any atom is 0.417 e. The van der Waals surface area contributed by atoms with Crippen molar-refractivity contribution in [3.05, 3.63) is 66.3 Å². The lowest BCUT2D eigenvalue weighted by Gasteiger charge is -2.59. The summed E-state index contributed by atoms with van der Waals surface area (Å²) in [6.45, 7) is 7.40. The number of oxime groups is 1. The van der Waals surface area contributed by atoms with Gasteiger partial charge in [-0.3, -0.25) is 5.32 Å². The Morgan fingerprint density at radius 2 is 1.63 bits per heavy atom. The van der Waals surface area contributed by atoms with E-state index >= 15 is 0 Å². The number of methoxy groups -OCH3 is 2. The number of nitrogens with zero attached hydrogens (tertiary/aromatic N) is 2. The molecule has 4 aliphatic rings. The number of carbonyl (C=O) groups is 2. The highest BCUT2D eigenvalue weighted by Gasteiger charge is 2.65. The van der Waals surface area contributed by atoms with Crippen molar-refractivity contribution in [1.82, 2.24) is 4.90 Å². The lowest BCUT2D eigenvalue weighted by molar-refractivity contribution is -0.254. The van der Waals surface area contributed by atoms with Crippen LogP contribution in [0.4, 0.5) is 15.3 Å². The second-order valence-electron chi connectivity index (χ2n) is 19.2. The zero-order valence-corrected chi connectivity index (χ0v) is 42.3. The van der Waals surface area contributed by atoms with Crippen LogP contribution in [0.1, 0.15) is 147 Å². The van der Waals surface area contributed by atoms with Crippen LogP contribution in [0.3, 0.4) is 0 Å². The zero-order chi connectivity index (χ0) is 49.7. The summed E-state index contributed by atoms with van der Waals surface area (Å²) in [5.74, 6) is -0.556. The summed E-state index contributed by atoms with van der Waals surface area (Å²) in [5.41, 5.74) is 2.77. The van der Waals surface area contributed by atoms with E-state index in [4.69, 9.17) is 43.2 Å². The molecule has 15 nitrogen and oxygen atoms in total. The Morgan fingerprint density at radius 3 is 2.31 bits per heavy atom. The molecule has 1 saturated carbocycles. The summed E-state index contributed by atoms with van der Waals surface area (Å²) in [4.78, 5) is 35.8. The van der Waals surface area contributed by atoms with Crippen molar-refractivity contribution >= 4 is 23.6 Å². The molecule has 388 valence electrons. The van der Waals surface area contributed by atoms with Crippen LogP contribution < -0.4 is 24.3 Å². The van der Waals surface area contributed by atoms with E-state index < -0.39 is 36.2 Å². The van der Waals surface area contributed by atoms with Crippen LogP contribution in [0, 0.1) is 17.8 Å². The van der Waals surface area contributed by atoms with Crippen LogP contribution in [0.25, 0.3) is 0 Å². The van der Waals surface area contributed by atoms with Gasteiger partial charge in [0.1, 0.15) is 29.0 Å². The molecule has 15 heteroatoms. The topological polar surface area (TPSA) is 176 Å². The van der Waals surface area contributed by atoms with Gasteiger partial charge in [0.05, 0.1) is 51.4 Å². The number of likely N-dealkylation sites (N-methyl/N-ethyl adjacent to an activating group) is 1. The third-order valence-electron chi connectivity index (χ3n) is 14.4. The number of nitrogens with one attached hydrogen (secondary N) is 1. The molecule has 7 atom stereocenters. The standard InChI is InChI=1S/C55H81N3O12/c1-6-8-9-10-11-12-13-14-15-21-34-66-54(62)58(3)49-38-46(57-70-50-25-18-22-33-65-50)43-35-39(23-16-19-30-59)42(24-17-20-31-60)51-44-36-41(27-29-47(44)69-55(49,52(43)51)67-32-7-2)68-53(61)56-45-28-26-40(63-4)37-48(45)64-5/h7,26-29,35-37,39,42,49-52,59-60H,2,6,8-25,30-34,38H2,1,3-5H3,(H,56,61). The summed E-state index contributed by atoms with van der Waals surface area (Å²) in [7, 11) is 4.80. The lowest BCUT2D eigenvalue weighted by atomic mass is 9.55. The number of carbonyl (C=O) groups excluding carboxylic acids is 2. The monoisotopic (exact) mass is 976 g/mol. The van der Waals surface area contributed by atoms with Gasteiger partial charge in [-0.1, -0.05) is 94.9 Å². The molecule has 0 aromatic heterocycles. The molecule has 7 unspecified atom stereocenters. The second-order valence-corrected chi connectivity index (χ2v) is 19.2. The molecule has 6 rings (SSSR count).